The number of carboxylic acid groups (broad SMARTS) is 1. The first-order chi connectivity index (χ1) is 6.63. The molecular formula is C10H15NO3. The number of amides is 1. The van der Waals surface area contributed by atoms with Crippen molar-refractivity contribution in [1.29, 1.82) is 0 Å². The molecule has 1 aliphatic heterocycles. The van der Waals surface area contributed by atoms with Crippen LogP contribution in [0.25, 0.3) is 0 Å². The molecule has 1 heterocycles. The van der Waals surface area contributed by atoms with Crippen LogP contribution in [0.2, 0.25) is 0 Å². The minimum Gasteiger partial charge on any atom is -0.481 e. The van der Waals surface area contributed by atoms with E-state index in [-0.39, 0.29) is 12.3 Å². The lowest BCUT2D eigenvalue weighted by Crippen LogP contribution is -2.26. The molecule has 0 aromatic rings. The minimum absolute atomic E-state index is 0.0529. The maximum atomic E-state index is 11.2. The molecule has 1 aliphatic rings. The fraction of sp³-hybridized carbons (Fsp3) is 0.600. The molecule has 0 spiro atoms. The topological polar surface area (TPSA) is 57.6 Å². The number of rotatable bonds is 4. The third-order valence-corrected chi connectivity index (χ3v) is 2.54. The second-order valence-corrected chi connectivity index (χ2v) is 3.58. The van der Waals surface area contributed by atoms with Crippen LogP contribution in [0.5, 0.6) is 0 Å². The fourth-order valence-corrected chi connectivity index (χ4v) is 1.73. The molecule has 0 aromatic carbocycles. The molecule has 1 amide bonds. The van der Waals surface area contributed by atoms with Gasteiger partial charge in [-0.15, -0.1) is 0 Å². The standard InChI is InChI=1S/C10H15NO3/c1-2-9(12)11-6-5-8(7-11)3-4-10(13)14/h2,8H,1,3-7H2,(H,13,14). The number of aliphatic carboxylic acids is 1. The second-order valence-electron chi connectivity index (χ2n) is 3.58. The van der Waals surface area contributed by atoms with Gasteiger partial charge in [0.25, 0.3) is 0 Å². The van der Waals surface area contributed by atoms with E-state index in [1.54, 1.807) is 4.90 Å². The molecule has 1 atom stereocenters. The molecule has 1 unspecified atom stereocenters. The Morgan fingerprint density at radius 1 is 1.57 bits per heavy atom. The van der Waals surface area contributed by atoms with Gasteiger partial charge in [0.15, 0.2) is 0 Å². The van der Waals surface area contributed by atoms with E-state index < -0.39 is 5.97 Å². The van der Waals surface area contributed by atoms with Crippen molar-refractivity contribution < 1.29 is 14.7 Å². The van der Waals surface area contributed by atoms with E-state index in [9.17, 15) is 9.59 Å². The van der Waals surface area contributed by atoms with Gasteiger partial charge in [0.1, 0.15) is 0 Å². The Labute approximate surface area is 83.2 Å². The summed E-state index contributed by atoms with van der Waals surface area (Å²) in [5, 5.41) is 8.50. The van der Waals surface area contributed by atoms with Crippen molar-refractivity contribution >= 4 is 11.9 Å². The lowest BCUT2D eigenvalue weighted by molar-refractivity contribution is -0.137. The monoisotopic (exact) mass is 197 g/mol. The Bertz CT molecular complexity index is 250. The highest BCUT2D eigenvalue weighted by molar-refractivity contribution is 5.87. The normalized spacial score (nSPS) is 20.9. The van der Waals surface area contributed by atoms with Gasteiger partial charge in [-0.25, -0.2) is 0 Å². The molecule has 0 saturated carbocycles. The zero-order valence-corrected chi connectivity index (χ0v) is 8.11. The smallest absolute Gasteiger partial charge is 0.303 e. The average Bonchev–Trinajstić information content (AvgIpc) is 2.62. The maximum Gasteiger partial charge on any atom is 0.303 e. The molecule has 0 radical (unpaired) electrons. The molecule has 4 nitrogen and oxygen atoms in total. The van der Waals surface area contributed by atoms with Crippen LogP contribution in [-0.2, 0) is 9.59 Å². The summed E-state index contributed by atoms with van der Waals surface area (Å²) >= 11 is 0. The zero-order chi connectivity index (χ0) is 10.6. The molecule has 1 rings (SSSR count). The summed E-state index contributed by atoms with van der Waals surface area (Å²) in [6.07, 6.45) is 3.07. The Hall–Kier alpha value is -1.32. The molecule has 14 heavy (non-hydrogen) atoms. The number of hydrogen-bond acceptors (Lipinski definition) is 2. The van der Waals surface area contributed by atoms with Crippen molar-refractivity contribution in [2.75, 3.05) is 13.1 Å². The van der Waals surface area contributed by atoms with E-state index in [4.69, 9.17) is 5.11 Å². The van der Waals surface area contributed by atoms with Gasteiger partial charge in [-0.05, 0) is 24.8 Å². The molecule has 1 N–H and O–H groups in total. The molecular weight excluding hydrogens is 182 g/mol. The van der Waals surface area contributed by atoms with Crippen molar-refractivity contribution in [2.24, 2.45) is 5.92 Å². The summed E-state index contributed by atoms with van der Waals surface area (Å²) in [7, 11) is 0. The highest BCUT2D eigenvalue weighted by Crippen LogP contribution is 2.20. The summed E-state index contributed by atoms with van der Waals surface area (Å²) in [5.41, 5.74) is 0. The molecule has 0 aliphatic carbocycles. The summed E-state index contributed by atoms with van der Waals surface area (Å²) in [4.78, 5) is 23.2. The Morgan fingerprint density at radius 2 is 2.29 bits per heavy atom. The van der Waals surface area contributed by atoms with E-state index in [2.05, 4.69) is 6.58 Å². The molecule has 0 aromatic heterocycles. The van der Waals surface area contributed by atoms with Crippen molar-refractivity contribution in [1.82, 2.24) is 4.90 Å². The minimum atomic E-state index is -0.765. The summed E-state index contributed by atoms with van der Waals surface area (Å²) in [6.45, 7) is 4.83. The highest BCUT2D eigenvalue weighted by Gasteiger charge is 2.24. The first-order valence-corrected chi connectivity index (χ1v) is 4.76. The molecule has 78 valence electrons. The van der Waals surface area contributed by atoms with Crippen LogP contribution in [0.1, 0.15) is 19.3 Å². The lowest BCUT2D eigenvalue weighted by Gasteiger charge is -2.13. The van der Waals surface area contributed by atoms with Gasteiger partial charge in [0.05, 0.1) is 0 Å². The number of likely N-dealkylation sites (tertiary alicyclic amines) is 1. The van der Waals surface area contributed by atoms with Gasteiger partial charge in [-0.3, -0.25) is 9.59 Å². The van der Waals surface area contributed by atoms with Crippen molar-refractivity contribution in [2.45, 2.75) is 19.3 Å². The van der Waals surface area contributed by atoms with Crippen LogP contribution >= 0.6 is 0 Å². The Morgan fingerprint density at radius 3 is 2.86 bits per heavy atom. The Balaban J connectivity index is 2.30. The summed E-state index contributed by atoms with van der Waals surface area (Å²) in [6, 6.07) is 0. The first kappa shape index (κ1) is 10.8. The predicted octanol–water partition coefficient (Wildman–Crippen LogP) is 0.886. The van der Waals surface area contributed by atoms with Gasteiger partial charge in [-0.1, -0.05) is 6.58 Å². The van der Waals surface area contributed by atoms with Crippen LogP contribution in [0.3, 0.4) is 0 Å². The van der Waals surface area contributed by atoms with Crippen molar-refractivity contribution in [3.63, 3.8) is 0 Å². The maximum absolute atomic E-state index is 11.2. The van der Waals surface area contributed by atoms with Gasteiger partial charge in [0, 0.05) is 19.5 Å². The van der Waals surface area contributed by atoms with Crippen LogP contribution in [0.15, 0.2) is 12.7 Å². The average molecular weight is 197 g/mol. The SMILES string of the molecule is C=CC(=O)N1CCC(CCC(=O)O)C1. The summed E-state index contributed by atoms with van der Waals surface area (Å²) in [5.74, 6) is -0.476. The van der Waals surface area contributed by atoms with E-state index in [0.717, 1.165) is 13.0 Å². The van der Waals surface area contributed by atoms with Crippen LogP contribution in [0.4, 0.5) is 0 Å². The quantitative estimate of drug-likeness (QED) is 0.681. The lowest BCUT2D eigenvalue weighted by atomic mass is 10.0. The van der Waals surface area contributed by atoms with Crippen LogP contribution < -0.4 is 0 Å². The van der Waals surface area contributed by atoms with Crippen LogP contribution in [0, 0.1) is 5.92 Å². The number of carbonyl (C=O) groups is 2. The van der Waals surface area contributed by atoms with E-state index >= 15 is 0 Å². The van der Waals surface area contributed by atoms with Crippen LogP contribution in [-0.4, -0.2) is 35.0 Å². The molecule has 1 saturated heterocycles. The first-order valence-electron chi connectivity index (χ1n) is 4.76. The van der Waals surface area contributed by atoms with Gasteiger partial charge < -0.3 is 10.0 Å². The number of carbonyl (C=O) groups excluding carboxylic acids is 1. The third-order valence-electron chi connectivity index (χ3n) is 2.54. The molecule has 1 fully saturated rings. The Kier molecular flexibility index (Phi) is 3.68. The van der Waals surface area contributed by atoms with Crippen molar-refractivity contribution in [3.05, 3.63) is 12.7 Å². The number of carboxylic acids is 1. The van der Waals surface area contributed by atoms with Crippen molar-refractivity contribution in [3.8, 4) is 0 Å². The zero-order valence-electron chi connectivity index (χ0n) is 8.11. The van der Waals surface area contributed by atoms with Gasteiger partial charge >= 0.3 is 5.97 Å². The summed E-state index contributed by atoms with van der Waals surface area (Å²) < 4.78 is 0. The highest BCUT2D eigenvalue weighted by atomic mass is 16.4. The number of nitrogens with zero attached hydrogens (tertiary/aromatic N) is 1. The predicted molar refractivity (Wildman–Crippen MR) is 51.8 cm³/mol. The molecule has 4 heteroatoms. The fourth-order valence-electron chi connectivity index (χ4n) is 1.73. The van der Waals surface area contributed by atoms with E-state index in [1.807, 2.05) is 0 Å². The molecule has 0 bridgehead atoms. The third kappa shape index (κ3) is 2.87. The van der Waals surface area contributed by atoms with E-state index in [1.165, 1.54) is 6.08 Å². The van der Waals surface area contributed by atoms with Gasteiger partial charge in [-0.2, -0.15) is 0 Å². The van der Waals surface area contributed by atoms with Gasteiger partial charge in [0.2, 0.25) is 5.91 Å². The van der Waals surface area contributed by atoms with E-state index in [0.29, 0.717) is 18.9 Å². The largest absolute Gasteiger partial charge is 0.481 e. The second kappa shape index (κ2) is 4.79. The number of hydrogen-bond donors (Lipinski definition) is 1.